The minimum absolute atomic E-state index is 0.181. The number of benzene rings is 1. The van der Waals surface area contributed by atoms with E-state index >= 15 is 0 Å². The Kier molecular flexibility index (Phi) is 3.89. The van der Waals surface area contributed by atoms with Gasteiger partial charge >= 0.3 is 0 Å². The van der Waals surface area contributed by atoms with Gasteiger partial charge in [0.1, 0.15) is 12.1 Å². The van der Waals surface area contributed by atoms with Gasteiger partial charge in [-0.15, -0.1) is 0 Å². The second-order valence-electron chi connectivity index (χ2n) is 3.68. The van der Waals surface area contributed by atoms with Gasteiger partial charge < -0.3 is 5.32 Å². The molecule has 7 nitrogen and oxygen atoms in total. The van der Waals surface area contributed by atoms with Crippen molar-refractivity contribution in [3.63, 3.8) is 0 Å². The fourth-order valence-corrected chi connectivity index (χ4v) is 2.34. The third-order valence-electron chi connectivity index (χ3n) is 2.18. The van der Waals surface area contributed by atoms with Gasteiger partial charge in [-0.2, -0.15) is 15.6 Å². The Labute approximate surface area is 118 Å². The van der Waals surface area contributed by atoms with Crippen molar-refractivity contribution in [2.45, 2.75) is 6.92 Å². The predicted molar refractivity (Wildman–Crippen MR) is 76.2 cm³/mol. The molecule has 1 heterocycles. The Bertz CT molecular complexity index is 763. The molecule has 0 saturated carbocycles. The number of hydrazone groups is 1. The molecule has 0 saturated heterocycles. The lowest BCUT2D eigenvalue weighted by Gasteiger charge is -1.98. The summed E-state index contributed by atoms with van der Waals surface area (Å²) in [5.41, 5.74) is 3.74. The Morgan fingerprint density at radius 3 is 2.80 bits per heavy atom. The molecule has 0 spiro atoms. The average molecular weight is 284 g/mol. The summed E-state index contributed by atoms with van der Waals surface area (Å²) in [6.45, 7) is 1.42. The molecule has 0 aliphatic rings. The fraction of sp³-hybridized carbons (Fsp3) is 0.0833. The summed E-state index contributed by atoms with van der Waals surface area (Å²) in [5.74, 6) is -0.181. The molecule has 20 heavy (non-hydrogen) atoms. The van der Waals surface area contributed by atoms with Gasteiger partial charge in [0.05, 0.1) is 15.9 Å². The van der Waals surface area contributed by atoms with Crippen LogP contribution in [-0.2, 0) is 4.79 Å². The minimum atomic E-state index is -0.256. The van der Waals surface area contributed by atoms with Crippen LogP contribution in [0.3, 0.4) is 0 Å². The number of hydrogen-bond acceptors (Lipinski definition) is 7. The van der Waals surface area contributed by atoms with Crippen LogP contribution in [0.5, 0.6) is 0 Å². The van der Waals surface area contributed by atoms with Crippen molar-refractivity contribution in [2.75, 3.05) is 10.7 Å². The number of thiazole rings is 1. The number of carbonyl (C=O) groups excluding carboxylic acids is 1. The Balaban J connectivity index is 2.26. The van der Waals surface area contributed by atoms with Crippen LogP contribution < -0.4 is 10.7 Å². The van der Waals surface area contributed by atoms with E-state index in [2.05, 4.69) is 20.8 Å². The molecule has 0 atom stereocenters. The normalized spacial score (nSPS) is 9.35. The lowest BCUT2D eigenvalue weighted by atomic mass is 10.3. The summed E-state index contributed by atoms with van der Waals surface area (Å²) in [6, 6.07) is 8.56. The molecule has 98 valence electrons. The summed E-state index contributed by atoms with van der Waals surface area (Å²) in [7, 11) is 0. The van der Waals surface area contributed by atoms with Crippen molar-refractivity contribution in [3.8, 4) is 12.1 Å². The Morgan fingerprint density at radius 2 is 2.15 bits per heavy atom. The molecule has 0 aliphatic carbocycles. The van der Waals surface area contributed by atoms with Crippen molar-refractivity contribution in [3.05, 3.63) is 18.2 Å². The SMILES string of the molecule is CC(=O)Nc1nc2ccc(NN=C(C#N)C#N)cc2s1. The van der Waals surface area contributed by atoms with E-state index in [1.807, 2.05) is 0 Å². The van der Waals surface area contributed by atoms with E-state index in [9.17, 15) is 4.79 Å². The fourth-order valence-electron chi connectivity index (χ4n) is 1.39. The van der Waals surface area contributed by atoms with Crippen LogP contribution >= 0.6 is 11.3 Å². The lowest BCUT2D eigenvalue weighted by Crippen LogP contribution is -2.04. The summed E-state index contributed by atoms with van der Waals surface area (Å²) < 4.78 is 0.851. The molecule has 8 heteroatoms. The highest BCUT2D eigenvalue weighted by Gasteiger charge is 2.05. The quantitative estimate of drug-likeness (QED) is 0.661. The number of fused-ring (bicyclic) bond motifs is 1. The third-order valence-corrected chi connectivity index (χ3v) is 3.11. The van der Waals surface area contributed by atoms with Gasteiger partial charge in [-0.3, -0.25) is 10.2 Å². The van der Waals surface area contributed by atoms with E-state index in [1.54, 1.807) is 30.3 Å². The second-order valence-corrected chi connectivity index (χ2v) is 4.71. The van der Waals surface area contributed by atoms with Gasteiger partial charge in [0.15, 0.2) is 5.13 Å². The molecule has 2 rings (SSSR count). The predicted octanol–water partition coefficient (Wildman–Crippen LogP) is 2.07. The summed E-state index contributed by atoms with van der Waals surface area (Å²) in [6.07, 6.45) is 0. The molecular weight excluding hydrogens is 276 g/mol. The van der Waals surface area contributed by atoms with Crippen molar-refractivity contribution < 1.29 is 4.79 Å². The van der Waals surface area contributed by atoms with E-state index in [0.29, 0.717) is 10.8 Å². The maximum absolute atomic E-state index is 11.0. The van der Waals surface area contributed by atoms with Crippen LogP contribution in [0.15, 0.2) is 23.3 Å². The highest BCUT2D eigenvalue weighted by Crippen LogP contribution is 2.28. The summed E-state index contributed by atoms with van der Waals surface area (Å²) in [5, 5.41) is 23.9. The molecule has 1 aromatic heterocycles. The first-order valence-electron chi connectivity index (χ1n) is 5.44. The number of amides is 1. The van der Waals surface area contributed by atoms with Gasteiger partial charge in [-0.25, -0.2) is 4.98 Å². The smallest absolute Gasteiger partial charge is 0.237 e. The molecule has 2 N–H and O–H groups in total. The topological polar surface area (TPSA) is 114 Å². The largest absolute Gasteiger partial charge is 0.302 e. The van der Waals surface area contributed by atoms with Crippen LogP contribution in [0.4, 0.5) is 10.8 Å². The zero-order chi connectivity index (χ0) is 14.5. The maximum Gasteiger partial charge on any atom is 0.237 e. The van der Waals surface area contributed by atoms with Crippen molar-refractivity contribution in [2.24, 2.45) is 5.10 Å². The molecule has 2 aromatic rings. The molecule has 1 aromatic carbocycles. The van der Waals surface area contributed by atoms with Gasteiger partial charge in [0.2, 0.25) is 11.6 Å². The molecule has 0 fully saturated rings. The van der Waals surface area contributed by atoms with Gasteiger partial charge in [-0.1, -0.05) is 11.3 Å². The first-order chi connectivity index (χ1) is 9.62. The van der Waals surface area contributed by atoms with Crippen LogP contribution in [-0.4, -0.2) is 16.6 Å². The number of anilines is 2. The standard InChI is InChI=1S/C12H8N6OS/c1-7(19)15-12-16-10-3-2-8(4-11(10)20-12)17-18-9(5-13)6-14/h2-4,17H,1H3,(H,15,16,19). The molecule has 1 amide bonds. The highest BCUT2D eigenvalue weighted by molar-refractivity contribution is 7.22. The molecule has 0 bridgehead atoms. The number of nitrogens with one attached hydrogen (secondary N) is 2. The molecular formula is C12H8N6OS. The Morgan fingerprint density at radius 1 is 1.40 bits per heavy atom. The van der Waals surface area contributed by atoms with E-state index < -0.39 is 0 Å². The number of nitriles is 2. The van der Waals surface area contributed by atoms with E-state index in [4.69, 9.17) is 10.5 Å². The zero-order valence-corrected chi connectivity index (χ0v) is 11.2. The van der Waals surface area contributed by atoms with E-state index in [-0.39, 0.29) is 11.6 Å². The number of hydrogen-bond donors (Lipinski definition) is 2. The third kappa shape index (κ3) is 3.07. The molecule has 0 unspecified atom stereocenters. The van der Waals surface area contributed by atoms with Crippen LogP contribution in [0.2, 0.25) is 0 Å². The molecule has 0 radical (unpaired) electrons. The van der Waals surface area contributed by atoms with Gasteiger partial charge in [0.25, 0.3) is 0 Å². The number of aromatic nitrogens is 1. The number of rotatable bonds is 3. The van der Waals surface area contributed by atoms with E-state index in [1.165, 1.54) is 18.3 Å². The molecule has 0 aliphatic heterocycles. The van der Waals surface area contributed by atoms with Crippen LogP contribution in [0, 0.1) is 22.7 Å². The lowest BCUT2D eigenvalue weighted by molar-refractivity contribution is -0.114. The van der Waals surface area contributed by atoms with Crippen molar-refractivity contribution in [1.29, 1.82) is 10.5 Å². The number of carbonyl (C=O) groups is 1. The van der Waals surface area contributed by atoms with Crippen LogP contribution in [0.25, 0.3) is 10.2 Å². The number of nitrogens with zero attached hydrogens (tertiary/aromatic N) is 4. The summed E-state index contributed by atoms with van der Waals surface area (Å²) >= 11 is 1.32. The first-order valence-corrected chi connectivity index (χ1v) is 6.26. The Hall–Kier alpha value is -2.97. The van der Waals surface area contributed by atoms with Crippen molar-refractivity contribution >= 4 is 44.0 Å². The second kappa shape index (κ2) is 5.78. The van der Waals surface area contributed by atoms with Gasteiger partial charge in [0, 0.05) is 6.92 Å². The van der Waals surface area contributed by atoms with E-state index in [0.717, 1.165) is 10.2 Å². The first kappa shape index (κ1) is 13.5. The van der Waals surface area contributed by atoms with Gasteiger partial charge in [-0.05, 0) is 18.2 Å². The monoisotopic (exact) mass is 284 g/mol. The van der Waals surface area contributed by atoms with Crippen molar-refractivity contribution in [1.82, 2.24) is 4.98 Å². The summed E-state index contributed by atoms with van der Waals surface area (Å²) in [4.78, 5) is 15.2. The highest BCUT2D eigenvalue weighted by atomic mass is 32.1. The van der Waals surface area contributed by atoms with Crippen LogP contribution in [0.1, 0.15) is 6.92 Å². The maximum atomic E-state index is 11.0. The average Bonchev–Trinajstić information content (AvgIpc) is 2.80. The zero-order valence-electron chi connectivity index (χ0n) is 10.3. The minimum Gasteiger partial charge on any atom is -0.302 e.